The van der Waals surface area contributed by atoms with Crippen LogP contribution >= 0.6 is 15.9 Å². The first-order chi connectivity index (χ1) is 8.08. The Morgan fingerprint density at radius 3 is 2.59 bits per heavy atom. The molecule has 90 valence electrons. The van der Waals surface area contributed by atoms with Gasteiger partial charge in [0.2, 0.25) is 0 Å². The Labute approximate surface area is 107 Å². The van der Waals surface area contributed by atoms with Crippen LogP contribution in [0.3, 0.4) is 0 Å². The second-order valence-corrected chi connectivity index (χ2v) is 4.70. The van der Waals surface area contributed by atoms with E-state index < -0.39 is 6.10 Å². The summed E-state index contributed by atoms with van der Waals surface area (Å²) in [7, 11) is 1.77. The molecule has 0 radical (unpaired) electrons. The van der Waals surface area contributed by atoms with Gasteiger partial charge in [-0.25, -0.2) is 4.39 Å². The van der Waals surface area contributed by atoms with Crippen molar-refractivity contribution in [3.05, 3.63) is 52.0 Å². The molecule has 1 heterocycles. The monoisotopic (exact) mass is 298 g/mol. The van der Waals surface area contributed by atoms with Gasteiger partial charge in [-0.1, -0.05) is 12.1 Å². The van der Waals surface area contributed by atoms with Gasteiger partial charge in [0.25, 0.3) is 0 Å². The van der Waals surface area contributed by atoms with Crippen molar-refractivity contribution in [1.82, 2.24) is 9.78 Å². The summed E-state index contributed by atoms with van der Waals surface area (Å²) in [6.45, 7) is 0. The highest BCUT2D eigenvalue weighted by Gasteiger charge is 2.16. The number of aryl methyl sites for hydroxylation is 1. The molecule has 0 aliphatic rings. The Hall–Kier alpha value is -1.20. The highest BCUT2D eigenvalue weighted by atomic mass is 79.9. The van der Waals surface area contributed by atoms with E-state index >= 15 is 0 Å². The molecule has 0 aliphatic heterocycles. The fourth-order valence-corrected chi connectivity index (χ4v) is 2.35. The van der Waals surface area contributed by atoms with Gasteiger partial charge in [-0.05, 0) is 33.6 Å². The second kappa shape index (κ2) is 4.98. The summed E-state index contributed by atoms with van der Waals surface area (Å²) in [4.78, 5) is 0. The minimum Gasteiger partial charge on any atom is -0.386 e. The Kier molecular flexibility index (Phi) is 3.59. The van der Waals surface area contributed by atoms with Gasteiger partial charge < -0.3 is 5.11 Å². The number of aliphatic hydroxyl groups excluding tert-OH is 1. The summed E-state index contributed by atoms with van der Waals surface area (Å²) in [5.41, 5.74) is 1.60. The van der Waals surface area contributed by atoms with E-state index in [0.29, 0.717) is 12.1 Å². The first kappa shape index (κ1) is 12.3. The lowest BCUT2D eigenvalue weighted by Gasteiger charge is -2.12. The molecule has 0 fully saturated rings. The predicted molar refractivity (Wildman–Crippen MR) is 66.0 cm³/mol. The van der Waals surface area contributed by atoms with Crippen molar-refractivity contribution >= 4 is 15.9 Å². The lowest BCUT2D eigenvalue weighted by molar-refractivity contribution is 0.167. The SMILES string of the molecule is Cn1ncc(Br)c1C(O)Cc1ccc(F)cc1. The number of nitrogens with zero attached hydrogens (tertiary/aromatic N) is 2. The average Bonchev–Trinajstić information content (AvgIpc) is 2.62. The Bertz CT molecular complexity index is 490. The van der Waals surface area contributed by atoms with Crippen LogP contribution in [0.5, 0.6) is 0 Å². The van der Waals surface area contributed by atoms with E-state index in [0.717, 1.165) is 10.0 Å². The summed E-state index contributed by atoms with van der Waals surface area (Å²) < 4.78 is 15.1. The fraction of sp³-hybridized carbons (Fsp3) is 0.250. The van der Waals surface area contributed by atoms with Crippen LogP contribution in [-0.2, 0) is 13.5 Å². The summed E-state index contributed by atoms with van der Waals surface area (Å²) in [6.07, 6.45) is 1.41. The maximum absolute atomic E-state index is 12.7. The molecule has 1 atom stereocenters. The zero-order chi connectivity index (χ0) is 12.4. The van der Waals surface area contributed by atoms with Crippen LogP contribution in [0, 0.1) is 5.82 Å². The normalized spacial score (nSPS) is 12.7. The molecular weight excluding hydrogens is 287 g/mol. The van der Waals surface area contributed by atoms with Crippen LogP contribution < -0.4 is 0 Å². The smallest absolute Gasteiger partial charge is 0.123 e. The predicted octanol–water partition coefficient (Wildman–Crippen LogP) is 2.60. The van der Waals surface area contributed by atoms with Crippen LogP contribution in [-0.4, -0.2) is 14.9 Å². The number of benzene rings is 1. The van der Waals surface area contributed by atoms with Gasteiger partial charge in [0, 0.05) is 13.5 Å². The standard InChI is InChI=1S/C12H12BrFN2O/c1-16-12(10(13)7-15-16)11(17)6-8-2-4-9(14)5-3-8/h2-5,7,11,17H,6H2,1H3. The minimum atomic E-state index is -0.665. The number of rotatable bonds is 3. The van der Waals surface area contributed by atoms with Crippen LogP contribution in [0.15, 0.2) is 34.9 Å². The lowest BCUT2D eigenvalue weighted by atomic mass is 10.1. The molecule has 0 bridgehead atoms. The number of aliphatic hydroxyl groups is 1. The molecule has 0 saturated heterocycles. The molecule has 17 heavy (non-hydrogen) atoms. The first-order valence-corrected chi connectivity index (χ1v) is 5.97. The Balaban J connectivity index is 2.17. The van der Waals surface area contributed by atoms with Crippen LogP contribution in [0.1, 0.15) is 17.4 Å². The number of aromatic nitrogens is 2. The topological polar surface area (TPSA) is 38.0 Å². The molecule has 2 rings (SSSR count). The van der Waals surface area contributed by atoms with Crippen molar-refractivity contribution in [3.63, 3.8) is 0 Å². The molecule has 2 aromatic rings. The van der Waals surface area contributed by atoms with E-state index in [1.807, 2.05) is 0 Å². The maximum atomic E-state index is 12.7. The second-order valence-electron chi connectivity index (χ2n) is 3.85. The molecule has 0 amide bonds. The van der Waals surface area contributed by atoms with Gasteiger partial charge in [-0.3, -0.25) is 4.68 Å². The largest absolute Gasteiger partial charge is 0.386 e. The molecule has 1 N–H and O–H groups in total. The van der Waals surface area contributed by atoms with Crippen molar-refractivity contribution in [3.8, 4) is 0 Å². The van der Waals surface area contributed by atoms with E-state index in [1.54, 1.807) is 30.1 Å². The van der Waals surface area contributed by atoms with E-state index in [4.69, 9.17) is 0 Å². The van der Waals surface area contributed by atoms with Gasteiger partial charge in [0.15, 0.2) is 0 Å². The molecule has 1 aromatic carbocycles. The summed E-state index contributed by atoms with van der Waals surface area (Å²) in [6, 6.07) is 6.12. The summed E-state index contributed by atoms with van der Waals surface area (Å²) >= 11 is 3.34. The van der Waals surface area contributed by atoms with Crippen LogP contribution in [0.4, 0.5) is 4.39 Å². The third-order valence-electron chi connectivity index (χ3n) is 2.60. The van der Waals surface area contributed by atoms with Gasteiger partial charge in [-0.15, -0.1) is 0 Å². The van der Waals surface area contributed by atoms with Crippen molar-refractivity contribution in [2.75, 3.05) is 0 Å². The average molecular weight is 299 g/mol. The number of hydrogen-bond donors (Lipinski definition) is 1. The molecule has 0 saturated carbocycles. The van der Waals surface area contributed by atoms with Gasteiger partial charge in [0.05, 0.1) is 16.4 Å². The van der Waals surface area contributed by atoms with Crippen LogP contribution in [0.2, 0.25) is 0 Å². The summed E-state index contributed by atoms with van der Waals surface area (Å²) in [5.74, 6) is -0.273. The molecular formula is C12H12BrFN2O. The Morgan fingerprint density at radius 2 is 2.06 bits per heavy atom. The fourth-order valence-electron chi connectivity index (χ4n) is 1.74. The maximum Gasteiger partial charge on any atom is 0.123 e. The zero-order valence-corrected chi connectivity index (χ0v) is 10.9. The summed E-state index contributed by atoms with van der Waals surface area (Å²) in [5, 5.41) is 14.2. The zero-order valence-electron chi connectivity index (χ0n) is 9.27. The van der Waals surface area contributed by atoms with Crippen molar-refractivity contribution in [2.45, 2.75) is 12.5 Å². The highest BCUT2D eigenvalue weighted by Crippen LogP contribution is 2.25. The number of halogens is 2. The van der Waals surface area contributed by atoms with Crippen molar-refractivity contribution in [2.24, 2.45) is 7.05 Å². The van der Waals surface area contributed by atoms with Crippen LogP contribution in [0.25, 0.3) is 0 Å². The quantitative estimate of drug-likeness (QED) is 0.946. The molecule has 5 heteroatoms. The van der Waals surface area contributed by atoms with E-state index in [1.165, 1.54) is 12.1 Å². The van der Waals surface area contributed by atoms with E-state index in [2.05, 4.69) is 21.0 Å². The molecule has 0 spiro atoms. The molecule has 0 aliphatic carbocycles. The van der Waals surface area contributed by atoms with Crippen molar-refractivity contribution < 1.29 is 9.50 Å². The number of hydrogen-bond acceptors (Lipinski definition) is 2. The van der Waals surface area contributed by atoms with E-state index in [9.17, 15) is 9.50 Å². The lowest BCUT2D eigenvalue weighted by Crippen LogP contribution is -2.08. The van der Waals surface area contributed by atoms with Gasteiger partial charge >= 0.3 is 0 Å². The first-order valence-electron chi connectivity index (χ1n) is 5.18. The third kappa shape index (κ3) is 2.73. The molecule has 1 unspecified atom stereocenters. The third-order valence-corrected chi connectivity index (χ3v) is 3.21. The van der Waals surface area contributed by atoms with Gasteiger partial charge in [0.1, 0.15) is 11.9 Å². The molecule has 1 aromatic heterocycles. The van der Waals surface area contributed by atoms with E-state index in [-0.39, 0.29) is 5.82 Å². The molecule has 3 nitrogen and oxygen atoms in total. The Morgan fingerprint density at radius 1 is 1.41 bits per heavy atom. The van der Waals surface area contributed by atoms with Gasteiger partial charge in [-0.2, -0.15) is 5.10 Å². The minimum absolute atomic E-state index is 0.273. The highest BCUT2D eigenvalue weighted by molar-refractivity contribution is 9.10. The van der Waals surface area contributed by atoms with Crippen molar-refractivity contribution in [1.29, 1.82) is 0 Å².